The van der Waals surface area contributed by atoms with Gasteiger partial charge < -0.3 is 10.1 Å². The molecule has 0 unspecified atom stereocenters. The zero-order valence-electron chi connectivity index (χ0n) is 7.00. The molecule has 0 bridgehead atoms. The Morgan fingerprint density at radius 2 is 2.25 bits per heavy atom. The van der Waals surface area contributed by atoms with E-state index in [1.165, 1.54) is 0 Å². The standard InChI is InChI=1S/C9H14INO/c1-2-8-12-9-4-3-6-11-7-5-10/h2-4,6,9,11H,1,5,7-8H2/b6-3+,9-4+. The molecule has 1 N–H and O–H groups in total. The van der Waals surface area contributed by atoms with E-state index in [2.05, 4.69) is 34.5 Å². The molecule has 0 rings (SSSR count). The minimum atomic E-state index is 0.561. The van der Waals surface area contributed by atoms with Crippen LogP contribution in [0.1, 0.15) is 0 Å². The van der Waals surface area contributed by atoms with Gasteiger partial charge in [-0.2, -0.15) is 0 Å². The molecule has 0 aliphatic heterocycles. The Bertz CT molecular complexity index is 155. The van der Waals surface area contributed by atoms with Crippen molar-refractivity contribution in [3.63, 3.8) is 0 Å². The number of ether oxygens (including phenoxy) is 1. The normalized spacial score (nSPS) is 10.8. The van der Waals surface area contributed by atoms with Crippen LogP contribution in [0.25, 0.3) is 0 Å². The number of hydrogen-bond donors (Lipinski definition) is 1. The van der Waals surface area contributed by atoms with Crippen LogP contribution in [0.5, 0.6) is 0 Å². The minimum absolute atomic E-state index is 0.561. The molecule has 0 aliphatic rings. The quantitative estimate of drug-likeness (QED) is 0.193. The topological polar surface area (TPSA) is 21.3 Å². The van der Waals surface area contributed by atoms with E-state index in [-0.39, 0.29) is 0 Å². The third-order valence-corrected chi connectivity index (χ3v) is 1.49. The van der Waals surface area contributed by atoms with Crippen LogP contribution >= 0.6 is 22.6 Å². The van der Waals surface area contributed by atoms with Gasteiger partial charge in [0.25, 0.3) is 0 Å². The molecular formula is C9H14INO. The highest BCUT2D eigenvalue weighted by Crippen LogP contribution is 1.80. The van der Waals surface area contributed by atoms with Gasteiger partial charge in [-0.1, -0.05) is 35.2 Å². The summed E-state index contributed by atoms with van der Waals surface area (Å²) in [7, 11) is 0. The summed E-state index contributed by atoms with van der Waals surface area (Å²) in [6.45, 7) is 5.09. The van der Waals surface area contributed by atoms with E-state index in [0.717, 1.165) is 11.0 Å². The van der Waals surface area contributed by atoms with Gasteiger partial charge in [-0.25, -0.2) is 0 Å². The van der Waals surface area contributed by atoms with E-state index < -0.39 is 0 Å². The number of hydrogen-bond acceptors (Lipinski definition) is 2. The zero-order valence-corrected chi connectivity index (χ0v) is 9.16. The van der Waals surface area contributed by atoms with E-state index >= 15 is 0 Å². The molecular weight excluding hydrogens is 265 g/mol. The molecule has 0 heterocycles. The summed E-state index contributed by atoms with van der Waals surface area (Å²) in [6, 6.07) is 0. The van der Waals surface area contributed by atoms with Gasteiger partial charge in [0.1, 0.15) is 6.61 Å². The van der Waals surface area contributed by atoms with Crippen LogP contribution in [0.3, 0.4) is 0 Å². The summed E-state index contributed by atoms with van der Waals surface area (Å²) in [5.74, 6) is 0. The van der Waals surface area contributed by atoms with Gasteiger partial charge in [-0.05, 0) is 18.4 Å². The average Bonchev–Trinajstić information content (AvgIpc) is 2.10. The van der Waals surface area contributed by atoms with Crippen LogP contribution in [0.2, 0.25) is 0 Å². The molecule has 0 aromatic heterocycles. The maximum absolute atomic E-state index is 5.01. The number of rotatable bonds is 7. The van der Waals surface area contributed by atoms with Crippen molar-refractivity contribution in [3.05, 3.63) is 37.3 Å². The maximum Gasteiger partial charge on any atom is 0.105 e. The lowest BCUT2D eigenvalue weighted by molar-refractivity contribution is 0.290. The number of allylic oxidation sites excluding steroid dienone is 2. The third-order valence-electron chi connectivity index (χ3n) is 0.953. The van der Waals surface area contributed by atoms with E-state index in [9.17, 15) is 0 Å². The van der Waals surface area contributed by atoms with Crippen LogP contribution in [0.4, 0.5) is 0 Å². The van der Waals surface area contributed by atoms with Crippen molar-refractivity contribution in [2.45, 2.75) is 0 Å². The molecule has 0 amide bonds. The first kappa shape index (κ1) is 11.6. The van der Waals surface area contributed by atoms with Gasteiger partial charge in [-0.15, -0.1) is 0 Å². The number of alkyl halides is 1. The predicted molar refractivity (Wildman–Crippen MR) is 61.3 cm³/mol. The molecule has 0 aromatic rings. The summed E-state index contributed by atoms with van der Waals surface area (Å²) in [5, 5.41) is 3.11. The highest BCUT2D eigenvalue weighted by molar-refractivity contribution is 14.1. The Balaban J connectivity index is 3.20. The molecule has 0 atom stereocenters. The monoisotopic (exact) mass is 279 g/mol. The van der Waals surface area contributed by atoms with Gasteiger partial charge in [0.15, 0.2) is 0 Å². The van der Waals surface area contributed by atoms with Gasteiger partial charge in [0.2, 0.25) is 0 Å². The number of nitrogens with one attached hydrogen (secondary N) is 1. The van der Waals surface area contributed by atoms with Crippen molar-refractivity contribution in [1.82, 2.24) is 5.32 Å². The van der Waals surface area contributed by atoms with E-state index in [1.807, 2.05) is 18.4 Å². The fourth-order valence-electron chi connectivity index (χ4n) is 0.486. The molecule has 2 nitrogen and oxygen atoms in total. The van der Waals surface area contributed by atoms with E-state index in [1.54, 1.807) is 12.3 Å². The van der Waals surface area contributed by atoms with Crippen molar-refractivity contribution in [2.24, 2.45) is 0 Å². The van der Waals surface area contributed by atoms with E-state index in [0.29, 0.717) is 6.61 Å². The largest absolute Gasteiger partial charge is 0.497 e. The lowest BCUT2D eigenvalue weighted by Crippen LogP contribution is -2.06. The van der Waals surface area contributed by atoms with Crippen molar-refractivity contribution >= 4 is 22.6 Å². The molecule has 0 saturated heterocycles. The summed E-state index contributed by atoms with van der Waals surface area (Å²) in [4.78, 5) is 0. The van der Waals surface area contributed by atoms with Crippen LogP contribution in [0.15, 0.2) is 37.3 Å². The molecule has 68 valence electrons. The Hall–Kier alpha value is -0.450. The molecule has 0 aliphatic carbocycles. The highest BCUT2D eigenvalue weighted by atomic mass is 127. The number of halogens is 1. The summed E-state index contributed by atoms with van der Waals surface area (Å²) < 4.78 is 6.12. The lowest BCUT2D eigenvalue weighted by Gasteiger charge is -1.92. The van der Waals surface area contributed by atoms with Crippen molar-refractivity contribution in [3.8, 4) is 0 Å². The molecule has 0 saturated carbocycles. The van der Waals surface area contributed by atoms with Crippen LogP contribution < -0.4 is 5.32 Å². The van der Waals surface area contributed by atoms with Gasteiger partial charge in [-0.3, -0.25) is 0 Å². The smallest absolute Gasteiger partial charge is 0.105 e. The second-order valence-corrected chi connectivity index (χ2v) is 3.03. The Kier molecular flexibility index (Phi) is 10.2. The lowest BCUT2D eigenvalue weighted by atomic mass is 10.6. The summed E-state index contributed by atoms with van der Waals surface area (Å²) in [6.07, 6.45) is 8.98. The molecule has 0 spiro atoms. The molecule has 3 heteroatoms. The second kappa shape index (κ2) is 10.6. The van der Waals surface area contributed by atoms with Gasteiger partial charge in [0.05, 0.1) is 6.26 Å². The van der Waals surface area contributed by atoms with Crippen molar-refractivity contribution in [1.29, 1.82) is 0 Å². The molecule has 12 heavy (non-hydrogen) atoms. The maximum atomic E-state index is 5.01. The first-order valence-corrected chi connectivity index (χ1v) is 5.28. The first-order chi connectivity index (χ1) is 5.91. The summed E-state index contributed by atoms with van der Waals surface area (Å²) in [5.41, 5.74) is 0. The van der Waals surface area contributed by atoms with Gasteiger partial charge >= 0.3 is 0 Å². The Labute approximate surface area is 87.5 Å². The molecule has 0 fully saturated rings. The summed E-state index contributed by atoms with van der Waals surface area (Å²) >= 11 is 2.32. The zero-order chi connectivity index (χ0) is 9.07. The fourth-order valence-corrected chi connectivity index (χ4v) is 0.797. The first-order valence-electron chi connectivity index (χ1n) is 3.75. The van der Waals surface area contributed by atoms with Crippen LogP contribution in [-0.4, -0.2) is 17.6 Å². The SMILES string of the molecule is C=CCO/C=C/C=C/NCCI. The predicted octanol–water partition coefficient (Wildman–Crippen LogP) is 2.24. The fraction of sp³-hybridized carbons (Fsp3) is 0.333. The molecule has 0 aromatic carbocycles. The average molecular weight is 279 g/mol. The third kappa shape index (κ3) is 9.55. The van der Waals surface area contributed by atoms with Crippen molar-refractivity contribution < 1.29 is 4.74 Å². The Morgan fingerprint density at radius 3 is 2.92 bits per heavy atom. The van der Waals surface area contributed by atoms with Gasteiger partial charge in [0, 0.05) is 11.0 Å². The van der Waals surface area contributed by atoms with Crippen molar-refractivity contribution in [2.75, 3.05) is 17.6 Å². The molecule has 0 radical (unpaired) electrons. The minimum Gasteiger partial charge on any atom is -0.497 e. The second-order valence-electron chi connectivity index (χ2n) is 1.95. The van der Waals surface area contributed by atoms with Crippen LogP contribution in [0, 0.1) is 0 Å². The van der Waals surface area contributed by atoms with E-state index in [4.69, 9.17) is 4.74 Å². The Morgan fingerprint density at radius 1 is 1.42 bits per heavy atom. The highest BCUT2D eigenvalue weighted by Gasteiger charge is 1.72. The van der Waals surface area contributed by atoms with Crippen LogP contribution in [-0.2, 0) is 4.74 Å².